The van der Waals surface area contributed by atoms with Crippen molar-refractivity contribution in [1.29, 1.82) is 0 Å². The molecule has 0 spiro atoms. The summed E-state index contributed by atoms with van der Waals surface area (Å²) in [7, 11) is 0. The molecule has 2 rings (SSSR count). The monoisotopic (exact) mass is 280 g/mol. The van der Waals surface area contributed by atoms with Gasteiger partial charge in [0.05, 0.1) is 0 Å². The molecule has 1 amide bonds. The van der Waals surface area contributed by atoms with Gasteiger partial charge in [-0.15, -0.1) is 0 Å². The largest absolute Gasteiger partial charge is 0.353 e. The standard InChI is InChI=1S/C17H32N2O/c1-12-11-18-10-9-15(12)19-16(20)13-5-7-14(8-6-13)17(2,3)4/h12-15,18H,5-11H2,1-4H3,(H,19,20). The first-order valence-electron chi connectivity index (χ1n) is 8.39. The normalized spacial score (nSPS) is 35.6. The summed E-state index contributed by atoms with van der Waals surface area (Å²) in [5.41, 5.74) is 0.394. The molecule has 0 aromatic carbocycles. The summed E-state index contributed by atoms with van der Waals surface area (Å²) in [5, 5.41) is 6.70. The SMILES string of the molecule is CC1CNCCC1NC(=O)C1CCC(C(C)(C)C)CC1. The predicted molar refractivity (Wildman–Crippen MR) is 83.5 cm³/mol. The Bertz CT molecular complexity index is 326. The lowest BCUT2D eigenvalue weighted by Gasteiger charge is -2.37. The van der Waals surface area contributed by atoms with Crippen LogP contribution in [0.1, 0.15) is 59.8 Å². The molecule has 1 heterocycles. The highest BCUT2D eigenvalue weighted by Gasteiger charge is 2.33. The highest BCUT2D eigenvalue weighted by molar-refractivity contribution is 5.79. The maximum Gasteiger partial charge on any atom is 0.223 e. The third-order valence-electron chi connectivity index (χ3n) is 5.44. The van der Waals surface area contributed by atoms with Gasteiger partial charge in [-0.05, 0) is 62.4 Å². The van der Waals surface area contributed by atoms with E-state index >= 15 is 0 Å². The molecule has 2 fully saturated rings. The molecule has 2 unspecified atom stereocenters. The summed E-state index contributed by atoms with van der Waals surface area (Å²) < 4.78 is 0. The fourth-order valence-corrected chi connectivity index (χ4v) is 3.75. The second-order valence-electron chi connectivity index (χ2n) is 8.00. The maximum absolute atomic E-state index is 12.4. The van der Waals surface area contributed by atoms with Crippen LogP contribution in [0.5, 0.6) is 0 Å². The zero-order valence-corrected chi connectivity index (χ0v) is 13.7. The first-order chi connectivity index (χ1) is 9.38. The summed E-state index contributed by atoms with van der Waals surface area (Å²) in [5.74, 6) is 1.91. The third-order valence-corrected chi connectivity index (χ3v) is 5.44. The van der Waals surface area contributed by atoms with Crippen LogP contribution in [0.15, 0.2) is 0 Å². The molecule has 1 aliphatic heterocycles. The highest BCUT2D eigenvalue weighted by Crippen LogP contribution is 2.39. The topological polar surface area (TPSA) is 41.1 Å². The molecule has 0 radical (unpaired) electrons. The minimum absolute atomic E-state index is 0.260. The Morgan fingerprint density at radius 1 is 1.10 bits per heavy atom. The van der Waals surface area contributed by atoms with Gasteiger partial charge in [-0.1, -0.05) is 27.7 Å². The third kappa shape index (κ3) is 3.97. The van der Waals surface area contributed by atoms with Crippen molar-refractivity contribution < 1.29 is 4.79 Å². The van der Waals surface area contributed by atoms with E-state index in [-0.39, 0.29) is 5.92 Å². The summed E-state index contributed by atoms with van der Waals surface area (Å²) in [6.07, 6.45) is 5.65. The molecule has 0 bridgehead atoms. The van der Waals surface area contributed by atoms with E-state index in [9.17, 15) is 4.79 Å². The molecule has 2 aliphatic rings. The Morgan fingerprint density at radius 3 is 2.30 bits per heavy atom. The Hall–Kier alpha value is -0.570. The fourth-order valence-electron chi connectivity index (χ4n) is 3.75. The van der Waals surface area contributed by atoms with Gasteiger partial charge in [0.15, 0.2) is 0 Å². The average Bonchev–Trinajstić information content (AvgIpc) is 2.40. The van der Waals surface area contributed by atoms with Crippen molar-refractivity contribution in [1.82, 2.24) is 10.6 Å². The van der Waals surface area contributed by atoms with Gasteiger partial charge in [-0.2, -0.15) is 0 Å². The van der Waals surface area contributed by atoms with Crippen molar-refractivity contribution in [3.8, 4) is 0 Å². The van der Waals surface area contributed by atoms with Gasteiger partial charge in [0.25, 0.3) is 0 Å². The van der Waals surface area contributed by atoms with Crippen LogP contribution < -0.4 is 10.6 Å². The molecular weight excluding hydrogens is 248 g/mol. The van der Waals surface area contributed by atoms with Crippen LogP contribution in [0.25, 0.3) is 0 Å². The quantitative estimate of drug-likeness (QED) is 0.816. The Kier molecular flexibility index (Phi) is 5.11. The Labute approximate surface area is 124 Å². The van der Waals surface area contributed by atoms with Crippen molar-refractivity contribution in [2.75, 3.05) is 13.1 Å². The first-order valence-corrected chi connectivity index (χ1v) is 8.39. The van der Waals surface area contributed by atoms with E-state index in [4.69, 9.17) is 0 Å². The number of carbonyl (C=O) groups is 1. The van der Waals surface area contributed by atoms with E-state index in [0.717, 1.165) is 38.3 Å². The number of carbonyl (C=O) groups excluding carboxylic acids is 1. The lowest BCUT2D eigenvalue weighted by atomic mass is 9.69. The number of rotatable bonds is 2. The molecule has 1 saturated carbocycles. The smallest absolute Gasteiger partial charge is 0.223 e. The zero-order chi connectivity index (χ0) is 14.8. The van der Waals surface area contributed by atoms with Gasteiger partial charge >= 0.3 is 0 Å². The molecule has 2 atom stereocenters. The van der Waals surface area contributed by atoms with Gasteiger partial charge in [0.1, 0.15) is 0 Å². The van der Waals surface area contributed by atoms with Crippen LogP contribution in [0.3, 0.4) is 0 Å². The van der Waals surface area contributed by atoms with Gasteiger partial charge in [-0.3, -0.25) is 4.79 Å². The van der Waals surface area contributed by atoms with Crippen LogP contribution >= 0.6 is 0 Å². The van der Waals surface area contributed by atoms with Crippen molar-refractivity contribution in [3.63, 3.8) is 0 Å². The van der Waals surface area contributed by atoms with E-state index in [1.807, 2.05) is 0 Å². The number of hydrogen-bond acceptors (Lipinski definition) is 2. The van der Waals surface area contributed by atoms with Crippen molar-refractivity contribution >= 4 is 5.91 Å². The lowest BCUT2D eigenvalue weighted by molar-refractivity contribution is -0.127. The second kappa shape index (κ2) is 6.46. The zero-order valence-electron chi connectivity index (χ0n) is 13.7. The van der Waals surface area contributed by atoms with Gasteiger partial charge in [-0.25, -0.2) is 0 Å². The minimum Gasteiger partial charge on any atom is -0.353 e. The van der Waals surface area contributed by atoms with Crippen molar-refractivity contribution in [2.45, 2.75) is 65.8 Å². The van der Waals surface area contributed by atoms with Gasteiger partial charge in [0, 0.05) is 12.0 Å². The fraction of sp³-hybridized carbons (Fsp3) is 0.941. The molecule has 0 aromatic heterocycles. The average molecular weight is 280 g/mol. The molecule has 116 valence electrons. The van der Waals surface area contributed by atoms with E-state index < -0.39 is 0 Å². The summed E-state index contributed by atoms with van der Waals surface area (Å²) in [6.45, 7) is 11.3. The molecule has 2 N–H and O–H groups in total. The molecule has 1 saturated heterocycles. The minimum atomic E-state index is 0.260. The van der Waals surface area contributed by atoms with E-state index in [1.165, 1.54) is 12.8 Å². The van der Waals surface area contributed by atoms with Crippen LogP contribution in [0.2, 0.25) is 0 Å². The maximum atomic E-state index is 12.4. The number of piperidine rings is 1. The molecule has 20 heavy (non-hydrogen) atoms. The number of nitrogens with one attached hydrogen (secondary N) is 2. The van der Waals surface area contributed by atoms with Crippen molar-refractivity contribution in [3.05, 3.63) is 0 Å². The van der Waals surface area contributed by atoms with E-state index in [2.05, 4.69) is 38.3 Å². The van der Waals surface area contributed by atoms with Crippen LogP contribution in [-0.2, 0) is 4.79 Å². The van der Waals surface area contributed by atoms with Crippen LogP contribution in [-0.4, -0.2) is 25.0 Å². The summed E-state index contributed by atoms with van der Waals surface area (Å²) in [4.78, 5) is 12.4. The first kappa shape index (κ1) is 15.8. The van der Waals surface area contributed by atoms with Gasteiger partial charge < -0.3 is 10.6 Å². The van der Waals surface area contributed by atoms with E-state index in [0.29, 0.717) is 23.3 Å². The highest BCUT2D eigenvalue weighted by atomic mass is 16.1. The van der Waals surface area contributed by atoms with Crippen LogP contribution in [0, 0.1) is 23.2 Å². The van der Waals surface area contributed by atoms with E-state index in [1.54, 1.807) is 0 Å². The Morgan fingerprint density at radius 2 is 1.75 bits per heavy atom. The van der Waals surface area contributed by atoms with Crippen LogP contribution in [0.4, 0.5) is 0 Å². The molecule has 1 aliphatic carbocycles. The lowest BCUT2D eigenvalue weighted by Crippen LogP contribution is -2.50. The predicted octanol–water partition coefficient (Wildman–Crippen LogP) is 2.95. The number of hydrogen-bond donors (Lipinski definition) is 2. The Balaban J connectivity index is 1.80. The molecule has 3 nitrogen and oxygen atoms in total. The second-order valence-corrected chi connectivity index (χ2v) is 8.00. The molecule has 3 heteroatoms. The summed E-state index contributed by atoms with van der Waals surface area (Å²) >= 11 is 0. The molecular formula is C17H32N2O. The molecule has 0 aromatic rings. The summed E-state index contributed by atoms with van der Waals surface area (Å²) in [6, 6.07) is 0.379. The van der Waals surface area contributed by atoms with Crippen molar-refractivity contribution in [2.24, 2.45) is 23.2 Å². The van der Waals surface area contributed by atoms with Gasteiger partial charge in [0.2, 0.25) is 5.91 Å². The number of amides is 1.